The summed E-state index contributed by atoms with van der Waals surface area (Å²) in [5.74, 6) is 1.27. The third-order valence-electron chi connectivity index (χ3n) is 3.87. The number of Topliss-reactive ketones (excluding diaryl/α,β-unsaturated/α-hetero) is 1. The molecular weight excluding hydrogens is 274 g/mol. The Bertz CT molecular complexity index is 447. The minimum absolute atomic E-state index is 0.0353. The molecule has 0 aliphatic carbocycles. The second-order valence-corrected chi connectivity index (χ2v) is 6.31. The van der Waals surface area contributed by atoms with Crippen molar-refractivity contribution in [2.75, 3.05) is 13.1 Å². The highest BCUT2D eigenvalue weighted by atomic mass is 16.5. The van der Waals surface area contributed by atoms with Crippen molar-refractivity contribution in [3.05, 3.63) is 29.8 Å². The van der Waals surface area contributed by atoms with Crippen LogP contribution in [0.4, 0.5) is 0 Å². The van der Waals surface area contributed by atoms with Gasteiger partial charge in [-0.1, -0.05) is 39.8 Å². The number of hydrogen-bond donors (Lipinski definition) is 0. The van der Waals surface area contributed by atoms with Gasteiger partial charge < -0.3 is 4.74 Å². The average molecular weight is 305 g/mol. The summed E-state index contributed by atoms with van der Waals surface area (Å²) >= 11 is 0. The normalized spacial score (nSPS) is 13.0. The summed E-state index contributed by atoms with van der Waals surface area (Å²) < 4.78 is 5.67. The van der Waals surface area contributed by atoms with Crippen molar-refractivity contribution in [2.45, 2.75) is 60.1 Å². The first-order valence-electron chi connectivity index (χ1n) is 8.42. The number of ketones is 1. The number of ether oxygens (including phenoxy) is 1. The van der Waals surface area contributed by atoms with E-state index in [-0.39, 0.29) is 18.1 Å². The van der Waals surface area contributed by atoms with Gasteiger partial charge in [0.05, 0.1) is 12.1 Å². The highest BCUT2D eigenvalue weighted by Crippen LogP contribution is 2.18. The third-order valence-corrected chi connectivity index (χ3v) is 3.87. The van der Waals surface area contributed by atoms with E-state index in [1.807, 2.05) is 39.8 Å². The van der Waals surface area contributed by atoms with Crippen LogP contribution in [0.25, 0.3) is 0 Å². The fourth-order valence-electron chi connectivity index (χ4n) is 2.66. The lowest BCUT2D eigenvalue weighted by Gasteiger charge is -2.30. The molecule has 1 unspecified atom stereocenters. The fraction of sp³-hybridized carbons (Fsp3) is 0.632. The largest absolute Gasteiger partial charge is 0.491 e. The Morgan fingerprint density at radius 2 is 1.59 bits per heavy atom. The highest BCUT2D eigenvalue weighted by Gasteiger charge is 2.26. The van der Waals surface area contributed by atoms with Crippen LogP contribution in [-0.4, -0.2) is 35.9 Å². The van der Waals surface area contributed by atoms with Gasteiger partial charge in [-0.25, -0.2) is 0 Å². The maximum Gasteiger partial charge on any atom is 0.152 e. The molecule has 0 aromatic heterocycles. The summed E-state index contributed by atoms with van der Waals surface area (Å²) in [5.41, 5.74) is 1.18. The molecule has 0 saturated heterocycles. The van der Waals surface area contributed by atoms with Gasteiger partial charge in [-0.2, -0.15) is 0 Å². The Hall–Kier alpha value is -1.35. The molecule has 0 aliphatic heterocycles. The van der Waals surface area contributed by atoms with Crippen LogP contribution in [0, 0.1) is 5.92 Å². The predicted octanol–water partition coefficient (Wildman–Crippen LogP) is 3.95. The molecule has 3 heteroatoms. The minimum atomic E-state index is -0.0353. The maximum atomic E-state index is 12.6. The van der Waals surface area contributed by atoms with Gasteiger partial charge in [0.15, 0.2) is 5.78 Å². The average Bonchev–Trinajstić information content (AvgIpc) is 2.47. The Labute approximate surface area is 135 Å². The lowest BCUT2D eigenvalue weighted by molar-refractivity contribution is -0.127. The molecule has 124 valence electrons. The van der Waals surface area contributed by atoms with Crippen molar-refractivity contribution in [1.82, 2.24) is 4.90 Å². The van der Waals surface area contributed by atoms with Crippen molar-refractivity contribution in [3.8, 4) is 5.75 Å². The Balaban J connectivity index is 2.87. The second-order valence-electron chi connectivity index (χ2n) is 6.31. The van der Waals surface area contributed by atoms with Crippen LogP contribution in [0.2, 0.25) is 0 Å². The molecule has 0 aliphatic rings. The molecule has 0 bridgehead atoms. The lowest BCUT2D eigenvalue weighted by Crippen LogP contribution is -2.44. The molecule has 0 amide bonds. The van der Waals surface area contributed by atoms with Crippen molar-refractivity contribution >= 4 is 5.78 Å². The zero-order valence-electron chi connectivity index (χ0n) is 14.9. The minimum Gasteiger partial charge on any atom is -0.491 e. The van der Waals surface area contributed by atoms with Crippen LogP contribution in [0.5, 0.6) is 5.75 Å². The zero-order valence-corrected chi connectivity index (χ0v) is 14.9. The molecule has 1 atom stereocenters. The molecule has 22 heavy (non-hydrogen) atoms. The Morgan fingerprint density at radius 3 is 2.00 bits per heavy atom. The van der Waals surface area contributed by atoms with E-state index in [4.69, 9.17) is 4.74 Å². The molecule has 1 aromatic carbocycles. The predicted molar refractivity (Wildman–Crippen MR) is 92.5 cm³/mol. The van der Waals surface area contributed by atoms with Crippen molar-refractivity contribution in [1.29, 1.82) is 0 Å². The monoisotopic (exact) mass is 305 g/mol. The van der Waals surface area contributed by atoms with E-state index in [1.54, 1.807) is 0 Å². The van der Waals surface area contributed by atoms with E-state index < -0.39 is 0 Å². The first-order chi connectivity index (χ1) is 10.4. The number of benzene rings is 1. The second kappa shape index (κ2) is 8.94. The van der Waals surface area contributed by atoms with Crippen LogP contribution in [0.1, 0.15) is 47.1 Å². The first kappa shape index (κ1) is 18.7. The summed E-state index contributed by atoms with van der Waals surface area (Å²) in [7, 11) is 0. The summed E-state index contributed by atoms with van der Waals surface area (Å²) in [4.78, 5) is 14.8. The summed E-state index contributed by atoms with van der Waals surface area (Å²) in [6.07, 6.45) is 0.942. The lowest BCUT2D eigenvalue weighted by atomic mass is 9.94. The van der Waals surface area contributed by atoms with Gasteiger partial charge in [-0.3, -0.25) is 9.69 Å². The SMILES string of the molecule is CCN(CC)C(Cc1ccc(OC(C)C)cc1)C(=O)C(C)C. The molecular formula is C19H31NO2. The van der Waals surface area contributed by atoms with Crippen LogP contribution in [-0.2, 0) is 11.2 Å². The van der Waals surface area contributed by atoms with Gasteiger partial charge >= 0.3 is 0 Å². The van der Waals surface area contributed by atoms with Gasteiger partial charge in [-0.15, -0.1) is 0 Å². The highest BCUT2D eigenvalue weighted by molar-refractivity contribution is 5.86. The molecule has 0 heterocycles. The molecule has 1 aromatic rings. The molecule has 0 saturated carbocycles. The van der Waals surface area contributed by atoms with Gasteiger partial charge in [0.1, 0.15) is 5.75 Å². The molecule has 0 spiro atoms. The first-order valence-corrected chi connectivity index (χ1v) is 8.42. The smallest absolute Gasteiger partial charge is 0.152 e. The number of hydrogen-bond acceptors (Lipinski definition) is 3. The standard InChI is InChI=1S/C19H31NO2/c1-7-20(8-2)18(19(21)14(3)4)13-16-9-11-17(12-10-16)22-15(5)6/h9-12,14-15,18H,7-8,13H2,1-6H3. The van der Waals surface area contributed by atoms with E-state index in [1.165, 1.54) is 5.56 Å². The summed E-state index contributed by atoms with van der Waals surface area (Å²) in [6.45, 7) is 14.0. The van der Waals surface area contributed by atoms with E-state index in [9.17, 15) is 4.79 Å². The van der Waals surface area contributed by atoms with E-state index in [0.717, 1.165) is 25.3 Å². The number of likely N-dealkylation sites (N-methyl/N-ethyl adjacent to an activating group) is 1. The third kappa shape index (κ3) is 5.45. The number of carbonyl (C=O) groups is 1. The van der Waals surface area contributed by atoms with E-state index in [2.05, 4.69) is 30.9 Å². The van der Waals surface area contributed by atoms with E-state index >= 15 is 0 Å². The van der Waals surface area contributed by atoms with Crippen LogP contribution >= 0.6 is 0 Å². The maximum absolute atomic E-state index is 12.6. The Kier molecular flexibility index (Phi) is 7.60. The number of carbonyl (C=O) groups excluding carboxylic acids is 1. The van der Waals surface area contributed by atoms with E-state index in [0.29, 0.717) is 5.78 Å². The number of nitrogens with zero attached hydrogens (tertiary/aromatic N) is 1. The quantitative estimate of drug-likeness (QED) is 0.692. The van der Waals surface area contributed by atoms with Gasteiger partial charge in [0, 0.05) is 5.92 Å². The molecule has 0 N–H and O–H groups in total. The van der Waals surface area contributed by atoms with Gasteiger partial charge in [0.25, 0.3) is 0 Å². The summed E-state index contributed by atoms with van der Waals surface area (Å²) in [5, 5.41) is 0. The van der Waals surface area contributed by atoms with Gasteiger partial charge in [0.2, 0.25) is 0 Å². The number of rotatable bonds is 9. The topological polar surface area (TPSA) is 29.5 Å². The molecule has 3 nitrogen and oxygen atoms in total. The van der Waals surface area contributed by atoms with Crippen molar-refractivity contribution < 1.29 is 9.53 Å². The summed E-state index contributed by atoms with van der Waals surface area (Å²) in [6, 6.07) is 8.10. The molecule has 0 radical (unpaired) electrons. The fourth-order valence-corrected chi connectivity index (χ4v) is 2.66. The van der Waals surface area contributed by atoms with Gasteiger partial charge in [-0.05, 0) is 51.1 Å². The van der Waals surface area contributed by atoms with Crippen LogP contribution < -0.4 is 4.74 Å². The molecule has 0 fully saturated rings. The van der Waals surface area contributed by atoms with Crippen LogP contribution in [0.15, 0.2) is 24.3 Å². The Morgan fingerprint density at radius 1 is 1.05 bits per heavy atom. The van der Waals surface area contributed by atoms with Crippen molar-refractivity contribution in [3.63, 3.8) is 0 Å². The molecule has 1 rings (SSSR count). The van der Waals surface area contributed by atoms with Crippen LogP contribution in [0.3, 0.4) is 0 Å². The van der Waals surface area contributed by atoms with Crippen molar-refractivity contribution in [2.24, 2.45) is 5.92 Å². The zero-order chi connectivity index (χ0) is 16.7.